The van der Waals surface area contributed by atoms with Crippen LogP contribution in [0.1, 0.15) is 46.5 Å². The fourth-order valence-corrected chi connectivity index (χ4v) is 2.50. The van der Waals surface area contributed by atoms with Crippen LogP contribution in [-0.2, 0) is 14.3 Å². The molecule has 1 amide bonds. The van der Waals surface area contributed by atoms with Gasteiger partial charge in [0.05, 0.1) is 18.6 Å². The molecule has 0 radical (unpaired) electrons. The molecule has 1 aliphatic carbocycles. The van der Waals surface area contributed by atoms with Gasteiger partial charge in [0.15, 0.2) is 0 Å². The number of aliphatic carboxylic acids is 1. The summed E-state index contributed by atoms with van der Waals surface area (Å²) in [6.07, 6.45) is 1.85. The normalized spacial score (nSPS) is 25.1. The first-order valence-corrected chi connectivity index (χ1v) is 7.09. The number of carbonyl (C=O) groups excluding carboxylic acids is 2. The zero-order chi connectivity index (χ0) is 15.0. The van der Waals surface area contributed by atoms with E-state index >= 15 is 0 Å². The molecule has 0 unspecified atom stereocenters. The van der Waals surface area contributed by atoms with Gasteiger partial charge in [0.2, 0.25) is 0 Å². The highest BCUT2D eigenvalue weighted by Gasteiger charge is 2.43. The summed E-state index contributed by atoms with van der Waals surface area (Å²) in [7, 11) is 0. The van der Waals surface area contributed by atoms with Gasteiger partial charge in [0, 0.05) is 6.54 Å². The first kappa shape index (κ1) is 15.1. The van der Waals surface area contributed by atoms with E-state index in [9.17, 15) is 14.7 Å². The summed E-state index contributed by atoms with van der Waals surface area (Å²) < 4.78 is 11.0. The highest BCUT2D eigenvalue weighted by Crippen LogP contribution is 2.37. The van der Waals surface area contributed by atoms with E-state index in [1.165, 1.54) is 0 Å². The molecule has 0 aromatic rings. The molecule has 0 aromatic heterocycles. The summed E-state index contributed by atoms with van der Waals surface area (Å²) in [5, 5.41) is 11.2. The highest BCUT2D eigenvalue weighted by atomic mass is 16.6. The van der Waals surface area contributed by atoms with Gasteiger partial charge in [0.25, 0.3) is 0 Å². The second kappa shape index (κ2) is 5.24. The Labute approximate surface area is 119 Å². The predicted molar refractivity (Wildman–Crippen MR) is 68.9 cm³/mol. The Hall–Kier alpha value is -1.30. The number of ether oxygens (including phenoxy) is 2. The molecule has 6 heteroatoms. The molecule has 20 heavy (non-hydrogen) atoms. The standard InChI is InChI=1S/C14H23NO5/c1-13(2,3)20-12(18)15-8-5-10(9-15)19-14(11(16)17)6-4-7-14/h10H,4-9H2,1-3H3,(H,16,17)/p-1/t10-/m1/s1. The number of amides is 1. The molecule has 2 fully saturated rings. The minimum absolute atomic E-state index is 0.249. The average molecular weight is 284 g/mol. The van der Waals surface area contributed by atoms with Crippen molar-refractivity contribution < 1.29 is 24.2 Å². The maximum atomic E-state index is 11.9. The molecule has 0 N–H and O–H groups in total. The summed E-state index contributed by atoms with van der Waals surface area (Å²) in [5.74, 6) is -1.14. The SMILES string of the molecule is CC(C)(C)OC(=O)N1CC[C@@H](OC2(C(=O)[O-])CCC2)C1. The number of carboxylic acids is 1. The third kappa shape index (κ3) is 3.23. The largest absolute Gasteiger partial charge is 0.547 e. The van der Waals surface area contributed by atoms with Crippen molar-refractivity contribution in [2.75, 3.05) is 13.1 Å². The molecule has 0 spiro atoms. The third-order valence-corrected chi connectivity index (χ3v) is 3.72. The molecule has 1 aliphatic heterocycles. The van der Waals surface area contributed by atoms with Crippen LogP contribution >= 0.6 is 0 Å². The summed E-state index contributed by atoms with van der Waals surface area (Å²) in [6.45, 7) is 6.35. The lowest BCUT2D eigenvalue weighted by atomic mass is 9.80. The van der Waals surface area contributed by atoms with E-state index in [1.54, 1.807) is 4.90 Å². The van der Waals surface area contributed by atoms with Crippen LogP contribution in [0.3, 0.4) is 0 Å². The Bertz CT molecular complexity index is 397. The lowest BCUT2D eigenvalue weighted by Crippen LogP contribution is -2.56. The van der Waals surface area contributed by atoms with Crippen molar-refractivity contribution in [2.24, 2.45) is 0 Å². The zero-order valence-corrected chi connectivity index (χ0v) is 12.3. The molecular formula is C14H22NO5-. The minimum atomic E-state index is -1.14. The number of carbonyl (C=O) groups is 2. The second-order valence-electron chi connectivity index (χ2n) is 6.59. The number of nitrogens with zero attached hydrogens (tertiary/aromatic N) is 1. The predicted octanol–water partition coefficient (Wildman–Crippen LogP) is 0.685. The summed E-state index contributed by atoms with van der Waals surface area (Å²) in [6, 6.07) is 0. The Kier molecular flexibility index (Phi) is 3.95. The molecule has 0 aromatic carbocycles. The van der Waals surface area contributed by atoms with Crippen molar-refractivity contribution in [1.29, 1.82) is 0 Å². The molecule has 2 aliphatic rings. The van der Waals surface area contributed by atoms with Crippen LogP contribution in [0, 0.1) is 0 Å². The summed E-state index contributed by atoms with van der Waals surface area (Å²) >= 11 is 0. The van der Waals surface area contributed by atoms with E-state index < -0.39 is 17.2 Å². The maximum absolute atomic E-state index is 11.9. The fraction of sp³-hybridized carbons (Fsp3) is 0.857. The lowest BCUT2D eigenvalue weighted by molar-refractivity contribution is -0.336. The van der Waals surface area contributed by atoms with Crippen LogP contribution in [-0.4, -0.2) is 47.4 Å². The van der Waals surface area contributed by atoms with Gasteiger partial charge in [-0.1, -0.05) is 0 Å². The van der Waals surface area contributed by atoms with Crippen molar-refractivity contribution in [3.63, 3.8) is 0 Å². The van der Waals surface area contributed by atoms with Crippen molar-refractivity contribution in [1.82, 2.24) is 4.90 Å². The monoisotopic (exact) mass is 284 g/mol. The first-order chi connectivity index (χ1) is 9.22. The Balaban J connectivity index is 1.86. The van der Waals surface area contributed by atoms with Gasteiger partial charge in [-0.15, -0.1) is 0 Å². The van der Waals surface area contributed by atoms with Gasteiger partial charge in [-0.25, -0.2) is 4.79 Å². The molecular weight excluding hydrogens is 262 g/mol. The van der Waals surface area contributed by atoms with Crippen LogP contribution in [0.5, 0.6) is 0 Å². The van der Waals surface area contributed by atoms with Crippen LogP contribution in [0.25, 0.3) is 0 Å². The second-order valence-corrected chi connectivity index (χ2v) is 6.59. The van der Waals surface area contributed by atoms with Gasteiger partial charge in [-0.05, 0) is 46.5 Å². The molecule has 114 valence electrons. The van der Waals surface area contributed by atoms with Crippen molar-refractivity contribution in [2.45, 2.75) is 63.8 Å². The highest BCUT2D eigenvalue weighted by molar-refractivity contribution is 5.76. The van der Waals surface area contributed by atoms with Gasteiger partial charge >= 0.3 is 6.09 Å². The molecule has 2 rings (SSSR count). The maximum Gasteiger partial charge on any atom is 0.410 e. The number of hydrogen-bond acceptors (Lipinski definition) is 5. The van der Waals surface area contributed by atoms with E-state index in [4.69, 9.17) is 9.47 Å². The van der Waals surface area contributed by atoms with Crippen LogP contribution < -0.4 is 5.11 Å². The van der Waals surface area contributed by atoms with E-state index in [2.05, 4.69) is 0 Å². The van der Waals surface area contributed by atoms with Crippen LogP contribution in [0.4, 0.5) is 4.79 Å². The van der Waals surface area contributed by atoms with Crippen molar-refractivity contribution in [3.8, 4) is 0 Å². The van der Waals surface area contributed by atoms with E-state index in [-0.39, 0.29) is 12.2 Å². The fourth-order valence-electron chi connectivity index (χ4n) is 2.50. The Morgan fingerprint density at radius 2 is 1.95 bits per heavy atom. The first-order valence-electron chi connectivity index (χ1n) is 7.09. The number of hydrogen-bond donors (Lipinski definition) is 0. The van der Waals surface area contributed by atoms with Gasteiger partial charge in [-0.3, -0.25) is 0 Å². The van der Waals surface area contributed by atoms with Crippen LogP contribution in [0.2, 0.25) is 0 Å². The van der Waals surface area contributed by atoms with Crippen molar-refractivity contribution >= 4 is 12.1 Å². The molecule has 1 heterocycles. The summed E-state index contributed by atoms with van der Waals surface area (Å²) in [4.78, 5) is 24.6. The quantitative estimate of drug-likeness (QED) is 0.761. The topological polar surface area (TPSA) is 78.9 Å². The van der Waals surface area contributed by atoms with Gasteiger partial charge in [-0.2, -0.15) is 0 Å². The lowest BCUT2D eigenvalue weighted by Gasteiger charge is -2.44. The van der Waals surface area contributed by atoms with E-state index in [0.717, 1.165) is 6.42 Å². The smallest absolute Gasteiger partial charge is 0.410 e. The van der Waals surface area contributed by atoms with Crippen molar-refractivity contribution in [3.05, 3.63) is 0 Å². The van der Waals surface area contributed by atoms with E-state index in [0.29, 0.717) is 32.4 Å². The molecule has 1 saturated heterocycles. The van der Waals surface area contributed by atoms with Crippen LogP contribution in [0.15, 0.2) is 0 Å². The van der Waals surface area contributed by atoms with Gasteiger partial charge in [0.1, 0.15) is 11.2 Å². The minimum Gasteiger partial charge on any atom is -0.547 e. The average Bonchev–Trinajstić information content (AvgIpc) is 2.68. The number of carboxylic acid groups (broad SMARTS) is 1. The van der Waals surface area contributed by atoms with Gasteiger partial charge < -0.3 is 24.3 Å². The number of rotatable bonds is 3. The number of likely N-dealkylation sites (tertiary alicyclic amines) is 1. The third-order valence-electron chi connectivity index (χ3n) is 3.72. The molecule has 6 nitrogen and oxygen atoms in total. The Morgan fingerprint density at radius 1 is 1.30 bits per heavy atom. The zero-order valence-electron chi connectivity index (χ0n) is 12.3. The van der Waals surface area contributed by atoms with E-state index in [1.807, 2.05) is 20.8 Å². The molecule has 1 saturated carbocycles. The summed E-state index contributed by atoms with van der Waals surface area (Å²) in [5.41, 5.74) is -1.66. The Morgan fingerprint density at radius 3 is 2.40 bits per heavy atom. The molecule has 1 atom stereocenters. The molecule has 0 bridgehead atoms.